The minimum atomic E-state index is -1.21. The highest BCUT2D eigenvalue weighted by atomic mass is 16.4. The molecule has 5 nitrogen and oxygen atoms in total. The average Bonchev–Trinajstić information content (AvgIpc) is 3.08. The second-order valence-corrected chi connectivity index (χ2v) is 5.20. The summed E-state index contributed by atoms with van der Waals surface area (Å²) in [4.78, 5) is 11.1. The summed E-state index contributed by atoms with van der Waals surface area (Å²) < 4.78 is 5.14. The predicted octanol–water partition coefficient (Wildman–Crippen LogP) is 3.09. The molecule has 0 radical (unpaired) electrons. The van der Waals surface area contributed by atoms with Gasteiger partial charge in [-0.25, -0.2) is 4.79 Å². The molecule has 2 aromatic rings. The molecule has 1 heterocycles. The van der Waals surface area contributed by atoms with E-state index < -0.39 is 5.97 Å². The Hall–Kier alpha value is -2.43. The van der Waals surface area contributed by atoms with Gasteiger partial charge in [-0.1, -0.05) is 29.8 Å². The van der Waals surface area contributed by atoms with Crippen molar-refractivity contribution in [1.29, 1.82) is 0 Å². The maximum absolute atomic E-state index is 11.1. The van der Waals surface area contributed by atoms with Gasteiger partial charge >= 0.3 is 5.97 Å². The minimum absolute atomic E-state index is 0.105. The molecule has 0 unspecified atom stereocenters. The van der Waals surface area contributed by atoms with Gasteiger partial charge in [0.25, 0.3) is 0 Å². The van der Waals surface area contributed by atoms with Crippen LogP contribution in [-0.2, 0) is 5.54 Å². The van der Waals surface area contributed by atoms with Gasteiger partial charge in [0.1, 0.15) is 6.26 Å². The zero-order chi connectivity index (χ0) is 14.3. The molecule has 3 rings (SSSR count). The molecule has 0 aliphatic heterocycles. The molecule has 0 amide bonds. The quantitative estimate of drug-likeness (QED) is 0.797. The molecule has 1 aliphatic rings. The molecule has 3 N–H and O–H groups in total. The van der Waals surface area contributed by atoms with E-state index in [1.165, 1.54) is 5.56 Å². The third-order valence-electron chi connectivity index (χ3n) is 3.69. The highest BCUT2D eigenvalue weighted by Gasteiger charge is 2.46. The number of furan rings is 1. The summed E-state index contributed by atoms with van der Waals surface area (Å²) in [5.41, 5.74) is 1.76. The first-order chi connectivity index (χ1) is 9.52. The molecule has 0 saturated heterocycles. The number of aromatic carboxylic acids is 1. The SMILES string of the molecule is Cc1ccc(C2(Nc3occ(O)c3C(=O)O)CC2)cc1. The Kier molecular flexibility index (Phi) is 2.71. The number of aromatic hydroxyl groups is 1. The van der Waals surface area contributed by atoms with Gasteiger partial charge in [-0.3, -0.25) is 0 Å². The first kappa shape index (κ1) is 12.6. The van der Waals surface area contributed by atoms with E-state index in [2.05, 4.69) is 5.32 Å². The standard InChI is InChI=1S/C15H15NO4/c1-9-2-4-10(5-3-9)15(6-7-15)16-13-12(14(18)19)11(17)8-20-13/h2-5,8,16-17H,6-7H2,1H3,(H,18,19). The third-order valence-corrected chi connectivity index (χ3v) is 3.69. The lowest BCUT2D eigenvalue weighted by atomic mass is 10.0. The highest BCUT2D eigenvalue weighted by molar-refractivity contribution is 5.96. The molecule has 1 aromatic carbocycles. The van der Waals surface area contributed by atoms with Crippen LogP contribution in [0.1, 0.15) is 34.3 Å². The van der Waals surface area contributed by atoms with Crippen LogP contribution in [0.4, 0.5) is 5.88 Å². The normalized spacial score (nSPS) is 15.8. The van der Waals surface area contributed by atoms with Crippen molar-refractivity contribution < 1.29 is 19.4 Å². The molecular formula is C15H15NO4. The van der Waals surface area contributed by atoms with Gasteiger partial charge in [0.2, 0.25) is 5.88 Å². The van der Waals surface area contributed by atoms with E-state index >= 15 is 0 Å². The fourth-order valence-corrected chi connectivity index (χ4v) is 2.35. The van der Waals surface area contributed by atoms with Crippen molar-refractivity contribution in [1.82, 2.24) is 0 Å². The van der Waals surface area contributed by atoms with E-state index in [0.29, 0.717) is 0 Å². The van der Waals surface area contributed by atoms with Gasteiger partial charge in [0.15, 0.2) is 11.3 Å². The van der Waals surface area contributed by atoms with E-state index in [4.69, 9.17) is 9.52 Å². The smallest absolute Gasteiger partial charge is 0.345 e. The summed E-state index contributed by atoms with van der Waals surface area (Å²) in [7, 11) is 0. The number of anilines is 1. The molecule has 1 fully saturated rings. The topological polar surface area (TPSA) is 82.7 Å². The first-order valence-electron chi connectivity index (χ1n) is 6.41. The summed E-state index contributed by atoms with van der Waals surface area (Å²) in [6.45, 7) is 2.02. The van der Waals surface area contributed by atoms with Crippen LogP contribution >= 0.6 is 0 Å². The van der Waals surface area contributed by atoms with E-state index in [1.54, 1.807) is 0 Å². The van der Waals surface area contributed by atoms with Crippen molar-refractivity contribution in [2.24, 2.45) is 0 Å². The molecule has 1 aromatic heterocycles. The van der Waals surface area contributed by atoms with E-state index in [-0.39, 0.29) is 22.7 Å². The Morgan fingerprint density at radius 3 is 2.50 bits per heavy atom. The van der Waals surface area contributed by atoms with Crippen molar-refractivity contribution >= 4 is 11.9 Å². The van der Waals surface area contributed by atoms with Crippen LogP contribution in [0.15, 0.2) is 34.9 Å². The first-order valence-corrected chi connectivity index (χ1v) is 6.41. The number of carbonyl (C=O) groups is 1. The second-order valence-electron chi connectivity index (χ2n) is 5.20. The van der Waals surface area contributed by atoms with E-state index in [0.717, 1.165) is 24.7 Å². The summed E-state index contributed by atoms with van der Waals surface area (Å²) in [6, 6.07) is 8.10. The van der Waals surface area contributed by atoms with Crippen LogP contribution in [0.5, 0.6) is 5.75 Å². The maximum atomic E-state index is 11.1. The number of carboxylic acids is 1. The molecular weight excluding hydrogens is 258 g/mol. The maximum Gasteiger partial charge on any atom is 0.345 e. The zero-order valence-corrected chi connectivity index (χ0v) is 11.0. The van der Waals surface area contributed by atoms with Gasteiger partial charge in [0, 0.05) is 0 Å². The molecule has 20 heavy (non-hydrogen) atoms. The summed E-state index contributed by atoms with van der Waals surface area (Å²) in [6.07, 6.45) is 2.84. The number of benzene rings is 1. The summed E-state index contributed by atoms with van der Waals surface area (Å²) in [5.74, 6) is -1.47. The van der Waals surface area contributed by atoms with Crippen LogP contribution in [-0.4, -0.2) is 16.2 Å². The highest BCUT2D eigenvalue weighted by Crippen LogP contribution is 2.49. The van der Waals surface area contributed by atoms with Crippen LogP contribution < -0.4 is 5.32 Å². The Labute approximate surface area is 115 Å². The Morgan fingerprint density at radius 1 is 1.30 bits per heavy atom. The second kappa shape index (κ2) is 4.30. The van der Waals surface area contributed by atoms with E-state index in [9.17, 15) is 9.90 Å². The minimum Gasteiger partial charge on any atom is -0.504 e. The molecule has 104 valence electrons. The fourth-order valence-electron chi connectivity index (χ4n) is 2.35. The zero-order valence-electron chi connectivity index (χ0n) is 11.0. The molecule has 0 atom stereocenters. The Bertz CT molecular complexity index is 653. The number of nitrogens with one attached hydrogen (secondary N) is 1. The van der Waals surface area contributed by atoms with Crippen molar-refractivity contribution in [2.75, 3.05) is 5.32 Å². The number of aryl methyl sites for hydroxylation is 1. The van der Waals surface area contributed by atoms with Crippen molar-refractivity contribution in [3.63, 3.8) is 0 Å². The van der Waals surface area contributed by atoms with Gasteiger partial charge in [-0.05, 0) is 25.3 Å². The number of hydrogen-bond donors (Lipinski definition) is 3. The number of rotatable bonds is 4. The molecule has 1 aliphatic carbocycles. The van der Waals surface area contributed by atoms with Gasteiger partial charge in [-0.2, -0.15) is 0 Å². The van der Waals surface area contributed by atoms with Crippen LogP contribution in [0.3, 0.4) is 0 Å². The lowest BCUT2D eigenvalue weighted by Crippen LogP contribution is -2.19. The third kappa shape index (κ3) is 2.01. The summed E-state index contributed by atoms with van der Waals surface area (Å²) in [5, 5.41) is 21.7. The average molecular weight is 273 g/mol. The van der Waals surface area contributed by atoms with Crippen LogP contribution in [0, 0.1) is 6.92 Å². The lowest BCUT2D eigenvalue weighted by molar-refractivity contribution is 0.0694. The van der Waals surface area contributed by atoms with Crippen molar-refractivity contribution in [3.8, 4) is 5.75 Å². The Morgan fingerprint density at radius 2 is 1.95 bits per heavy atom. The van der Waals surface area contributed by atoms with Crippen LogP contribution in [0.2, 0.25) is 0 Å². The van der Waals surface area contributed by atoms with Gasteiger partial charge in [0.05, 0.1) is 5.54 Å². The molecule has 0 bridgehead atoms. The Balaban J connectivity index is 1.91. The van der Waals surface area contributed by atoms with Gasteiger partial charge in [-0.15, -0.1) is 0 Å². The lowest BCUT2D eigenvalue weighted by Gasteiger charge is -2.18. The van der Waals surface area contributed by atoms with Crippen molar-refractivity contribution in [3.05, 3.63) is 47.2 Å². The number of hydrogen-bond acceptors (Lipinski definition) is 4. The van der Waals surface area contributed by atoms with E-state index in [1.807, 2.05) is 31.2 Å². The molecule has 0 spiro atoms. The largest absolute Gasteiger partial charge is 0.504 e. The van der Waals surface area contributed by atoms with Crippen molar-refractivity contribution in [2.45, 2.75) is 25.3 Å². The molecule has 1 saturated carbocycles. The monoisotopic (exact) mass is 273 g/mol. The molecule has 5 heteroatoms. The fraction of sp³-hybridized carbons (Fsp3) is 0.267. The number of carboxylic acid groups (broad SMARTS) is 1. The predicted molar refractivity (Wildman–Crippen MR) is 73.0 cm³/mol. The summed E-state index contributed by atoms with van der Waals surface area (Å²) >= 11 is 0. The van der Waals surface area contributed by atoms with Crippen LogP contribution in [0.25, 0.3) is 0 Å². The van der Waals surface area contributed by atoms with Gasteiger partial charge < -0.3 is 19.9 Å².